The molecule has 0 saturated carbocycles. The summed E-state index contributed by atoms with van der Waals surface area (Å²) in [5, 5.41) is 5.61. The van der Waals surface area contributed by atoms with Crippen LogP contribution in [-0.4, -0.2) is 19.6 Å². The Morgan fingerprint density at radius 2 is 2.21 bits per heavy atom. The number of aryl methyl sites for hydroxylation is 2. The van der Waals surface area contributed by atoms with E-state index in [1.165, 1.54) is 11.3 Å². The highest BCUT2D eigenvalue weighted by Gasteiger charge is 2.20. The summed E-state index contributed by atoms with van der Waals surface area (Å²) in [6.07, 6.45) is 0.561. The number of rotatable bonds is 5. The summed E-state index contributed by atoms with van der Waals surface area (Å²) in [5.74, 6) is 0.736. The van der Waals surface area contributed by atoms with Crippen LogP contribution in [0.3, 0.4) is 0 Å². The van der Waals surface area contributed by atoms with Crippen molar-refractivity contribution in [3.8, 4) is 0 Å². The largest absolute Gasteiger partial charge is 0.361 e. The molecule has 104 valence electrons. The summed E-state index contributed by atoms with van der Waals surface area (Å²) in [6.45, 7) is 5.51. The van der Waals surface area contributed by atoms with Crippen molar-refractivity contribution < 1.29 is 12.9 Å². The van der Waals surface area contributed by atoms with Gasteiger partial charge in [0.15, 0.2) is 0 Å². The van der Waals surface area contributed by atoms with Crippen LogP contribution >= 0.6 is 11.3 Å². The van der Waals surface area contributed by atoms with Crippen LogP contribution in [0, 0.1) is 13.8 Å². The Kier molecular flexibility index (Phi) is 4.07. The predicted molar refractivity (Wildman–Crippen MR) is 73.8 cm³/mol. The molecule has 2 heterocycles. The van der Waals surface area contributed by atoms with Gasteiger partial charge in [-0.3, -0.25) is 0 Å². The van der Waals surface area contributed by atoms with Crippen LogP contribution in [0.15, 0.2) is 26.2 Å². The quantitative estimate of drug-likeness (QED) is 0.919. The Balaban J connectivity index is 2.08. The van der Waals surface area contributed by atoms with E-state index >= 15 is 0 Å². The first-order valence-electron chi connectivity index (χ1n) is 5.87. The van der Waals surface area contributed by atoms with Crippen molar-refractivity contribution in [3.63, 3.8) is 0 Å². The van der Waals surface area contributed by atoms with Crippen LogP contribution < -0.4 is 4.72 Å². The summed E-state index contributed by atoms with van der Waals surface area (Å²) in [4.78, 5) is 0. The first-order valence-corrected chi connectivity index (χ1v) is 8.24. The highest BCUT2D eigenvalue weighted by atomic mass is 32.2. The maximum Gasteiger partial charge on any atom is 0.250 e. The molecule has 7 heteroatoms. The summed E-state index contributed by atoms with van der Waals surface area (Å²) in [5.41, 5.74) is 1.76. The van der Waals surface area contributed by atoms with Crippen molar-refractivity contribution in [1.82, 2.24) is 9.88 Å². The number of thiophene rings is 1. The fourth-order valence-corrected chi connectivity index (χ4v) is 4.13. The molecule has 0 saturated heterocycles. The summed E-state index contributed by atoms with van der Waals surface area (Å²) < 4.78 is 32.2. The molecule has 5 nitrogen and oxygen atoms in total. The second-order valence-corrected chi connectivity index (χ2v) is 7.35. The van der Waals surface area contributed by atoms with Gasteiger partial charge in [-0.05, 0) is 38.6 Å². The van der Waals surface area contributed by atoms with Crippen LogP contribution in [0.1, 0.15) is 23.9 Å². The zero-order valence-corrected chi connectivity index (χ0v) is 12.6. The Bertz CT molecular complexity index is 625. The van der Waals surface area contributed by atoms with Gasteiger partial charge >= 0.3 is 0 Å². The first-order chi connectivity index (χ1) is 8.90. The molecule has 2 aromatic rings. The van der Waals surface area contributed by atoms with Gasteiger partial charge in [0, 0.05) is 11.6 Å². The average molecular weight is 300 g/mol. The van der Waals surface area contributed by atoms with Gasteiger partial charge in [0.05, 0.1) is 5.69 Å². The number of hydrogen-bond acceptors (Lipinski definition) is 5. The van der Waals surface area contributed by atoms with Crippen LogP contribution in [0.2, 0.25) is 0 Å². The Labute approximate surface area is 116 Å². The molecule has 0 fully saturated rings. The van der Waals surface area contributed by atoms with Crippen molar-refractivity contribution in [2.45, 2.75) is 37.4 Å². The van der Waals surface area contributed by atoms with Crippen molar-refractivity contribution in [2.24, 2.45) is 0 Å². The minimum atomic E-state index is -3.43. The highest BCUT2D eigenvalue weighted by molar-refractivity contribution is 7.91. The number of hydrogen-bond donors (Lipinski definition) is 1. The minimum absolute atomic E-state index is 0.219. The summed E-state index contributed by atoms with van der Waals surface area (Å²) >= 11 is 1.20. The van der Waals surface area contributed by atoms with Crippen molar-refractivity contribution in [1.29, 1.82) is 0 Å². The summed E-state index contributed by atoms with van der Waals surface area (Å²) in [7, 11) is -3.43. The van der Waals surface area contributed by atoms with Gasteiger partial charge in [0.1, 0.15) is 9.97 Å². The number of nitrogens with one attached hydrogen (secondary N) is 1. The third kappa shape index (κ3) is 3.23. The summed E-state index contributed by atoms with van der Waals surface area (Å²) in [6, 6.07) is 3.09. The van der Waals surface area contributed by atoms with Crippen molar-refractivity contribution >= 4 is 21.4 Å². The van der Waals surface area contributed by atoms with Gasteiger partial charge in [-0.25, -0.2) is 13.1 Å². The SMILES string of the molecule is Cc1noc(C)c1CC(C)NS(=O)(=O)c1cccs1. The normalized spacial score (nSPS) is 13.6. The third-order valence-corrected chi connectivity index (χ3v) is 5.79. The van der Waals surface area contributed by atoms with E-state index in [1.54, 1.807) is 17.5 Å². The second-order valence-electron chi connectivity index (χ2n) is 4.46. The molecule has 0 aromatic carbocycles. The van der Waals surface area contributed by atoms with E-state index in [9.17, 15) is 8.42 Å². The molecule has 1 unspecified atom stereocenters. The van der Waals surface area contributed by atoms with Gasteiger partial charge in [-0.15, -0.1) is 11.3 Å². The van der Waals surface area contributed by atoms with Gasteiger partial charge in [-0.1, -0.05) is 11.2 Å². The molecule has 2 rings (SSSR count). The fourth-order valence-electron chi connectivity index (χ4n) is 1.88. The van der Waals surface area contributed by atoms with Crippen LogP contribution in [-0.2, 0) is 16.4 Å². The molecule has 1 atom stereocenters. The average Bonchev–Trinajstić information content (AvgIpc) is 2.94. The molecule has 0 amide bonds. The molecule has 0 radical (unpaired) electrons. The molecule has 2 aromatic heterocycles. The topological polar surface area (TPSA) is 72.2 Å². The number of nitrogens with zero attached hydrogens (tertiary/aromatic N) is 1. The fraction of sp³-hybridized carbons (Fsp3) is 0.417. The molecule has 19 heavy (non-hydrogen) atoms. The zero-order chi connectivity index (χ0) is 14.0. The predicted octanol–water partition coefficient (Wildman–Crippen LogP) is 2.26. The lowest BCUT2D eigenvalue weighted by Gasteiger charge is -2.13. The van der Waals surface area contributed by atoms with Crippen molar-refractivity contribution in [2.75, 3.05) is 0 Å². The van der Waals surface area contributed by atoms with Gasteiger partial charge < -0.3 is 4.52 Å². The molecule has 0 aliphatic heterocycles. The van der Waals surface area contributed by atoms with E-state index in [0.29, 0.717) is 10.6 Å². The van der Waals surface area contributed by atoms with Crippen LogP contribution in [0.25, 0.3) is 0 Å². The number of aromatic nitrogens is 1. The zero-order valence-electron chi connectivity index (χ0n) is 11.0. The Hall–Kier alpha value is -1.18. The van der Waals surface area contributed by atoms with Gasteiger partial charge in [0.25, 0.3) is 0 Å². The van der Waals surface area contributed by atoms with E-state index in [-0.39, 0.29) is 6.04 Å². The maximum absolute atomic E-state index is 12.1. The molecule has 0 bridgehead atoms. The van der Waals surface area contributed by atoms with E-state index in [4.69, 9.17) is 4.52 Å². The maximum atomic E-state index is 12.1. The Morgan fingerprint density at radius 3 is 2.74 bits per heavy atom. The van der Waals surface area contributed by atoms with E-state index < -0.39 is 10.0 Å². The monoisotopic (exact) mass is 300 g/mol. The second kappa shape index (κ2) is 5.44. The van der Waals surface area contributed by atoms with Gasteiger partial charge in [-0.2, -0.15) is 0 Å². The highest BCUT2D eigenvalue weighted by Crippen LogP contribution is 2.18. The molecule has 1 N–H and O–H groups in total. The first kappa shape index (κ1) is 14.2. The lowest BCUT2D eigenvalue weighted by molar-refractivity contribution is 0.392. The minimum Gasteiger partial charge on any atom is -0.361 e. The lowest BCUT2D eigenvalue weighted by Crippen LogP contribution is -2.33. The van der Waals surface area contributed by atoms with Gasteiger partial charge in [0.2, 0.25) is 10.0 Å². The van der Waals surface area contributed by atoms with E-state index in [2.05, 4.69) is 9.88 Å². The van der Waals surface area contributed by atoms with E-state index in [1.807, 2.05) is 20.8 Å². The lowest BCUT2D eigenvalue weighted by atomic mass is 10.1. The van der Waals surface area contributed by atoms with Crippen LogP contribution in [0.4, 0.5) is 0 Å². The molecule has 0 aliphatic rings. The van der Waals surface area contributed by atoms with E-state index in [0.717, 1.165) is 17.0 Å². The van der Waals surface area contributed by atoms with Crippen LogP contribution in [0.5, 0.6) is 0 Å². The number of sulfonamides is 1. The molecular formula is C12H16N2O3S2. The Morgan fingerprint density at radius 1 is 1.47 bits per heavy atom. The molecule has 0 spiro atoms. The van der Waals surface area contributed by atoms with Crippen molar-refractivity contribution in [3.05, 3.63) is 34.5 Å². The smallest absolute Gasteiger partial charge is 0.250 e. The molecular weight excluding hydrogens is 284 g/mol. The standard InChI is InChI=1S/C12H16N2O3S2/c1-8(7-11-9(2)13-17-10(11)3)14-19(15,16)12-5-4-6-18-12/h4-6,8,14H,7H2,1-3H3. The molecule has 0 aliphatic carbocycles. The third-order valence-electron chi connectivity index (χ3n) is 2.81.